The number of halogens is 1. The number of carbonyl (C=O) groups is 1. The highest BCUT2D eigenvalue weighted by Crippen LogP contribution is 2.44. The zero-order valence-corrected chi connectivity index (χ0v) is 38.2. The maximum Gasteiger partial charge on any atom is 0.297 e. The number of carbonyl (C=O) groups excluding carboxylic acids is 1. The normalized spacial score (nSPS) is 20.5. The largest absolute Gasteiger partial charge is 0.489 e. The van der Waals surface area contributed by atoms with Crippen molar-refractivity contribution in [3.8, 4) is 17.2 Å². The number of nitro benzene ring substituents is 1. The molecule has 65 heavy (non-hydrogen) atoms. The molecule has 4 aliphatic rings. The van der Waals surface area contributed by atoms with Crippen molar-refractivity contribution in [2.75, 3.05) is 75.9 Å². The van der Waals surface area contributed by atoms with E-state index >= 15 is 0 Å². The number of amides is 1. The molecule has 0 spiro atoms. The van der Waals surface area contributed by atoms with E-state index in [1.807, 2.05) is 25.1 Å². The van der Waals surface area contributed by atoms with Crippen LogP contribution in [0.2, 0.25) is 5.02 Å². The first kappa shape index (κ1) is 44.5. The highest BCUT2D eigenvalue weighted by atomic mass is 35.5. The number of ether oxygens (including phenoxy) is 3. The van der Waals surface area contributed by atoms with Gasteiger partial charge >= 0.3 is 0 Å². The fourth-order valence-electron chi connectivity index (χ4n) is 9.20. The number of hydrogen-bond acceptors (Lipinski definition) is 13. The number of H-pyrrole nitrogens is 1. The molecule has 1 aliphatic carbocycles. The SMILES string of the molecule is C[C@H]1COCCN1C[C@H]1COc2cc(S(=O)(=O)NC(=O)c3ccc(N4CCN(CC5=C(c6ccc(Cl)cc6)CC(C)(C)CC5)CC4)cc3Oc3cnc4[nH]ccc4c3)cc([N+](=O)[O-])c2N1. The minimum Gasteiger partial charge on any atom is -0.489 e. The van der Waals surface area contributed by atoms with Crippen LogP contribution in [0, 0.1) is 15.5 Å². The molecule has 5 heterocycles. The molecule has 5 aromatic rings. The molecular weight excluding hydrogens is 872 g/mol. The zero-order chi connectivity index (χ0) is 45.5. The fourth-order valence-corrected chi connectivity index (χ4v) is 10.3. The van der Waals surface area contributed by atoms with Crippen LogP contribution in [0.25, 0.3) is 16.6 Å². The van der Waals surface area contributed by atoms with Gasteiger partial charge in [-0.1, -0.05) is 43.2 Å². The minimum atomic E-state index is -4.66. The third kappa shape index (κ3) is 9.94. The number of benzene rings is 3. The summed E-state index contributed by atoms with van der Waals surface area (Å²) in [4.78, 5) is 39.7. The summed E-state index contributed by atoms with van der Waals surface area (Å²) in [5.74, 6) is -0.526. The van der Waals surface area contributed by atoms with Crippen LogP contribution in [0.5, 0.6) is 17.2 Å². The van der Waals surface area contributed by atoms with Crippen LogP contribution in [0.4, 0.5) is 17.1 Å². The van der Waals surface area contributed by atoms with Gasteiger partial charge in [-0.2, -0.15) is 0 Å². The van der Waals surface area contributed by atoms with E-state index in [2.05, 4.69) is 60.7 Å². The fraction of sp³-hybridized carbons (Fsp3) is 0.404. The Bertz CT molecular complexity index is 2750. The quantitative estimate of drug-likeness (QED) is 0.0818. The first-order chi connectivity index (χ1) is 31.2. The molecule has 2 atom stereocenters. The molecule has 2 aromatic heterocycles. The van der Waals surface area contributed by atoms with E-state index in [9.17, 15) is 23.3 Å². The molecule has 3 aliphatic heterocycles. The van der Waals surface area contributed by atoms with Crippen LogP contribution in [0.3, 0.4) is 0 Å². The molecule has 9 rings (SSSR count). The van der Waals surface area contributed by atoms with Gasteiger partial charge in [0.2, 0.25) is 0 Å². The molecule has 0 unspecified atom stereocenters. The molecule has 3 aromatic carbocycles. The van der Waals surface area contributed by atoms with Crippen molar-refractivity contribution in [3.05, 3.63) is 111 Å². The summed E-state index contributed by atoms with van der Waals surface area (Å²) in [5.41, 5.74) is 5.30. The van der Waals surface area contributed by atoms with E-state index in [1.54, 1.807) is 24.4 Å². The van der Waals surface area contributed by atoms with Gasteiger partial charge in [-0.15, -0.1) is 0 Å². The second-order valence-electron chi connectivity index (χ2n) is 18.1. The Morgan fingerprint density at radius 3 is 2.62 bits per heavy atom. The lowest BCUT2D eigenvalue weighted by molar-refractivity contribution is -0.384. The van der Waals surface area contributed by atoms with Crippen molar-refractivity contribution in [2.24, 2.45) is 5.41 Å². The predicted octanol–water partition coefficient (Wildman–Crippen LogP) is 7.72. The first-order valence-corrected chi connectivity index (χ1v) is 23.8. The molecule has 2 fully saturated rings. The summed E-state index contributed by atoms with van der Waals surface area (Å²) in [5, 5.41) is 17.1. The third-order valence-electron chi connectivity index (χ3n) is 12.9. The second kappa shape index (κ2) is 18.3. The molecule has 342 valence electrons. The Kier molecular flexibility index (Phi) is 12.5. The summed E-state index contributed by atoms with van der Waals surface area (Å²) >= 11 is 6.25. The van der Waals surface area contributed by atoms with E-state index in [4.69, 9.17) is 25.8 Å². The lowest BCUT2D eigenvalue weighted by Crippen LogP contribution is -2.50. The van der Waals surface area contributed by atoms with Crippen LogP contribution in [0.1, 0.15) is 56.0 Å². The molecule has 0 saturated carbocycles. The van der Waals surface area contributed by atoms with Crippen LogP contribution in [0.15, 0.2) is 89.6 Å². The maximum atomic E-state index is 14.1. The number of pyridine rings is 1. The number of rotatable bonds is 12. The third-order valence-corrected chi connectivity index (χ3v) is 14.4. The number of anilines is 2. The number of hydrogen-bond donors (Lipinski definition) is 3. The summed E-state index contributed by atoms with van der Waals surface area (Å²) in [6, 6.07) is 18.8. The maximum absolute atomic E-state index is 14.1. The van der Waals surface area contributed by atoms with Gasteiger partial charge in [0.1, 0.15) is 23.8 Å². The predicted molar refractivity (Wildman–Crippen MR) is 250 cm³/mol. The molecular formula is C47H53ClN8O8S. The molecule has 1 amide bonds. The minimum absolute atomic E-state index is 0.000771. The first-order valence-electron chi connectivity index (χ1n) is 22.0. The Balaban J connectivity index is 0.937. The number of morpholine rings is 1. The molecule has 0 radical (unpaired) electrons. The van der Waals surface area contributed by atoms with Gasteiger partial charge in [-0.25, -0.2) is 18.1 Å². The number of nitro groups is 1. The van der Waals surface area contributed by atoms with Gasteiger partial charge in [0.25, 0.3) is 21.6 Å². The van der Waals surface area contributed by atoms with Crippen LogP contribution in [-0.4, -0.2) is 117 Å². The van der Waals surface area contributed by atoms with E-state index in [1.165, 1.54) is 35.0 Å². The number of allylic oxidation sites excluding steroid dienone is 1. The monoisotopic (exact) mass is 924 g/mol. The number of aromatic nitrogens is 2. The van der Waals surface area contributed by atoms with Gasteiger partial charge in [-0.3, -0.25) is 24.7 Å². The van der Waals surface area contributed by atoms with Crippen LogP contribution >= 0.6 is 11.6 Å². The van der Waals surface area contributed by atoms with Gasteiger partial charge in [-0.05, 0) is 79.1 Å². The number of aromatic amines is 1. The Labute approximate surface area is 383 Å². The summed E-state index contributed by atoms with van der Waals surface area (Å²) in [7, 11) is -4.66. The standard InChI is InChI=1S/C47H53ClN8O8S/c1-30-28-62-19-18-55(30)27-35-29-63-43-23-38(22-41(56(58)59)44(43)51-35)65(60,61)52-46(57)39-9-8-36(21-42(39)64-37-20-32-11-13-49-45(32)50-25-37)54-16-14-53(15-17-54)26-33-10-12-47(2,3)24-40(33)31-4-6-34(48)7-5-31/h4-9,11,13,20-23,25,30,35,51H,10,12,14-19,24,26-29H2,1-3H3,(H,49,50)(H,52,57)/t30-,35-/m0/s1. The summed E-state index contributed by atoms with van der Waals surface area (Å²) < 4.78 is 47.8. The van der Waals surface area contributed by atoms with Crippen molar-refractivity contribution in [3.63, 3.8) is 0 Å². The van der Waals surface area contributed by atoms with Gasteiger partial charge in [0.15, 0.2) is 11.4 Å². The number of nitrogens with zero attached hydrogens (tertiary/aromatic N) is 5. The number of fused-ring (bicyclic) bond motifs is 2. The Morgan fingerprint density at radius 2 is 1.85 bits per heavy atom. The van der Waals surface area contributed by atoms with Crippen molar-refractivity contribution in [2.45, 2.75) is 57.0 Å². The lowest BCUT2D eigenvalue weighted by atomic mass is 9.72. The number of sulfonamides is 1. The highest BCUT2D eigenvalue weighted by Gasteiger charge is 2.34. The average Bonchev–Trinajstić information content (AvgIpc) is 3.76. The molecule has 3 N–H and O–H groups in total. The number of nitrogens with one attached hydrogen (secondary N) is 3. The molecule has 2 saturated heterocycles. The zero-order valence-electron chi connectivity index (χ0n) is 36.6. The summed E-state index contributed by atoms with van der Waals surface area (Å²) in [6.45, 7) is 13.2. The molecule has 16 nitrogen and oxygen atoms in total. The van der Waals surface area contributed by atoms with Gasteiger partial charge < -0.3 is 29.4 Å². The van der Waals surface area contributed by atoms with Gasteiger partial charge in [0.05, 0.1) is 40.8 Å². The van der Waals surface area contributed by atoms with E-state index in [0.717, 1.165) is 61.1 Å². The van der Waals surface area contributed by atoms with Crippen molar-refractivity contribution >= 4 is 61.2 Å². The van der Waals surface area contributed by atoms with Crippen molar-refractivity contribution in [1.82, 2.24) is 24.5 Å². The van der Waals surface area contributed by atoms with E-state index in [-0.39, 0.29) is 46.9 Å². The van der Waals surface area contributed by atoms with Crippen LogP contribution in [-0.2, 0) is 14.8 Å². The van der Waals surface area contributed by atoms with Crippen LogP contribution < -0.4 is 24.4 Å². The average molecular weight is 926 g/mol. The second-order valence-corrected chi connectivity index (χ2v) is 20.3. The number of piperazine rings is 1. The lowest BCUT2D eigenvalue weighted by Gasteiger charge is -2.39. The van der Waals surface area contributed by atoms with E-state index < -0.39 is 31.4 Å². The van der Waals surface area contributed by atoms with E-state index in [0.29, 0.717) is 50.8 Å². The molecule has 18 heteroatoms. The van der Waals surface area contributed by atoms with Crippen molar-refractivity contribution in [1.29, 1.82) is 0 Å². The van der Waals surface area contributed by atoms with Gasteiger partial charge in [0, 0.05) is 92.3 Å². The summed E-state index contributed by atoms with van der Waals surface area (Å²) in [6.07, 6.45) is 6.46. The Hall–Kier alpha value is -5.72. The van der Waals surface area contributed by atoms with Crippen molar-refractivity contribution < 1.29 is 32.3 Å². The smallest absolute Gasteiger partial charge is 0.297 e. The topological polar surface area (TPSA) is 184 Å². The Morgan fingerprint density at radius 1 is 1.05 bits per heavy atom. The molecule has 0 bridgehead atoms. The highest BCUT2D eigenvalue weighted by molar-refractivity contribution is 7.90.